The van der Waals surface area contributed by atoms with Gasteiger partial charge in [-0.2, -0.15) is 0 Å². The molecule has 1 saturated heterocycles. The fourth-order valence-electron chi connectivity index (χ4n) is 1.82. The van der Waals surface area contributed by atoms with E-state index in [9.17, 15) is 0 Å². The second-order valence-corrected chi connectivity index (χ2v) is 4.95. The summed E-state index contributed by atoms with van der Waals surface area (Å²) in [6.45, 7) is 11.9. The maximum atomic E-state index is 5.55. The fourth-order valence-corrected chi connectivity index (χ4v) is 1.82. The first-order valence-corrected chi connectivity index (χ1v) is 5.43. The lowest BCUT2D eigenvalue weighted by Crippen LogP contribution is -2.58. The molecule has 80 valence electrons. The number of hydrogen-bond donors (Lipinski definition) is 1. The summed E-state index contributed by atoms with van der Waals surface area (Å²) in [5.41, 5.74) is -0.102. The Morgan fingerprint density at radius 3 is 2.64 bits per heavy atom. The highest BCUT2D eigenvalue weighted by Crippen LogP contribution is 2.17. The van der Waals surface area contributed by atoms with Crippen molar-refractivity contribution in [3.05, 3.63) is 0 Å². The van der Waals surface area contributed by atoms with Crippen LogP contribution in [-0.2, 0) is 0 Å². The van der Waals surface area contributed by atoms with E-state index in [-0.39, 0.29) is 5.54 Å². The minimum absolute atomic E-state index is 0.102. The van der Waals surface area contributed by atoms with Crippen LogP contribution in [0.25, 0.3) is 0 Å². The van der Waals surface area contributed by atoms with E-state index in [1.807, 2.05) is 0 Å². The Balaban J connectivity index is 2.61. The van der Waals surface area contributed by atoms with Crippen LogP contribution in [0, 0.1) is 18.3 Å². The zero-order valence-corrected chi connectivity index (χ0v) is 9.80. The molecular formula is C12H22N2. The zero-order valence-electron chi connectivity index (χ0n) is 9.80. The molecule has 0 radical (unpaired) electrons. The molecule has 0 saturated carbocycles. The maximum Gasteiger partial charge on any atom is 0.0767 e. The first-order valence-electron chi connectivity index (χ1n) is 5.43. The summed E-state index contributed by atoms with van der Waals surface area (Å²) in [7, 11) is 0. The van der Waals surface area contributed by atoms with Gasteiger partial charge in [0.25, 0.3) is 0 Å². The lowest BCUT2D eigenvalue weighted by molar-refractivity contribution is 0.107. The molecule has 0 bridgehead atoms. The van der Waals surface area contributed by atoms with Crippen LogP contribution < -0.4 is 5.32 Å². The van der Waals surface area contributed by atoms with Crippen LogP contribution in [0.15, 0.2) is 0 Å². The molecule has 0 aromatic rings. The predicted molar refractivity (Wildman–Crippen MR) is 61.1 cm³/mol. The predicted octanol–water partition coefficient (Wildman–Crippen LogP) is 1.33. The summed E-state index contributed by atoms with van der Waals surface area (Å²) in [6, 6.07) is 0.580. The molecule has 2 heteroatoms. The van der Waals surface area contributed by atoms with Gasteiger partial charge in [0.05, 0.1) is 5.54 Å². The Bertz CT molecular complexity index is 225. The van der Waals surface area contributed by atoms with Gasteiger partial charge in [0.2, 0.25) is 0 Å². The van der Waals surface area contributed by atoms with Crippen LogP contribution in [0.4, 0.5) is 0 Å². The van der Waals surface area contributed by atoms with E-state index in [0.29, 0.717) is 12.0 Å². The van der Waals surface area contributed by atoms with Crippen LogP contribution in [0.2, 0.25) is 0 Å². The van der Waals surface area contributed by atoms with Gasteiger partial charge in [0, 0.05) is 25.7 Å². The molecule has 1 heterocycles. The fraction of sp³-hybridized carbons (Fsp3) is 0.833. The molecule has 0 spiro atoms. The summed E-state index contributed by atoms with van der Waals surface area (Å²) in [6.07, 6.45) is 5.55. The lowest BCUT2D eigenvalue weighted by atomic mass is 9.97. The Morgan fingerprint density at radius 1 is 1.50 bits per heavy atom. The van der Waals surface area contributed by atoms with Gasteiger partial charge in [-0.25, -0.2) is 0 Å². The molecule has 0 aromatic carbocycles. The van der Waals surface area contributed by atoms with Crippen molar-refractivity contribution in [1.82, 2.24) is 10.2 Å². The molecule has 0 amide bonds. The van der Waals surface area contributed by atoms with Gasteiger partial charge < -0.3 is 5.32 Å². The van der Waals surface area contributed by atoms with Gasteiger partial charge in [-0.15, -0.1) is 6.42 Å². The first-order chi connectivity index (χ1) is 6.47. The van der Waals surface area contributed by atoms with Crippen molar-refractivity contribution in [1.29, 1.82) is 0 Å². The van der Waals surface area contributed by atoms with Crippen LogP contribution in [0.3, 0.4) is 0 Å². The Kier molecular flexibility index (Phi) is 3.58. The van der Waals surface area contributed by atoms with Gasteiger partial charge in [0.1, 0.15) is 0 Å². The molecule has 1 N–H and O–H groups in total. The van der Waals surface area contributed by atoms with E-state index in [0.717, 1.165) is 19.6 Å². The van der Waals surface area contributed by atoms with Gasteiger partial charge in [-0.05, 0) is 19.8 Å². The third-order valence-corrected chi connectivity index (χ3v) is 3.15. The molecule has 14 heavy (non-hydrogen) atoms. The highest BCUT2D eigenvalue weighted by Gasteiger charge is 2.30. The second-order valence-electron chi connectivity index (χ2n) is 4.95. The second kappa shape index (κ2) is 4.33. The minimum Gasteiger partial charge on any atom is -0.311 e. The largest absolute Gasteiger partial charge is 0.311 e. The average molecular weight is 194 g/mol. The van der Waals surface area contributed by atoms with Gasteiger partial charge in [-0.3, -0.25) is 4.90 Å². The van der Waals surface area contributed by atoms with E-state index in [1.54, 1.807) is 0 Å². The molecule has 0 aromatic heterocycles. The van der Waals surface area contributed by atoms with Crippen LogP contribution >= 0.6 is 0 Å². The van der Waals surface area contributed by atoms with Crippen molar-refractivity contribution in [3.8, 4) is 12.3 Å². The van der Waals surface area contributed by atoms with Gasteiger partial charge in [0.15, 0.2) is 0 Å². The molecule has 1 rings (SSSR count). The highest BCUT2D eigenvalue weighted by atomic mass is 15.2. The quantitative estimate of drug-likeness (QED) is 0.667. The van der Waals surface area contributed by atoms with E-state index in [1.165, 1.54) is 0 Å². The SMILES string of the molecule is C#CC(C)(C)N1CCNC(C(C)C)C1. The Morgan fingerprint density at radius 2 is 2.14 bits per heavy atom. The maximum absolute atomic E-state index is 5.55. The van der Waals surface area contributed by atoms with Crippen LogP contribution in [-0.4, -0.2) is 36.1 Å². The minimum atomic E-state index is -0.102. The molecule has 1 atom stereocenters. The summed E-state index contributed by atoms with van der Waals surface area (Å²) < 4.78 is 0. The Labute approximate surface area is 88.1 Å². The molecule has 1 aliphatic rings. The Hall–Kier alpha value is -0.520. The van der Waals surface area contributed by atoms with Crippen LogP contribution in [0.1, 0.15) is 27.7 Å². The first kappa shape index (κ1) is 11.6. The van der Waals surface area contributed by atoms with Crippen LogP contribution in [0.5, 0.6) is 0 Å². The number of rotatable bonds is 2. The standard InChI is InChI=1S/C12H22N2/c1-6-12(4,5)14-8-7-13-11(9-14)10(2)3/h1,10-11,13H,7-9H2,2-5H3. The summed E-state index contributed by atoms with van der Waals surface area (Å²) >= 11 is 0. The van der Waals surface area contributed by atoms with Crippen molar-refractivity contribution >= 4 is 0 Å². The van der Waals surface area contributed by atoms with E-state index < -0.39 is 0 Å². The molecule has 1 fully saturated rings. The number of nitrogens with one attached hydrogen (secondary N) is 1. The smallest absolute Gasteiger partial charge is 0.0767 e. The number of piperazine rings is 1. The lowest BCUT2D eigenvalue weighted by Gasteiger charge is -2.42. The van der Waals surface area contributed by atoms with E-state index in [2.05, 4.69) is 43.8 Å². The monoisotopic (exact) mass is 194 g/mol. The van der Waals surface area contributed by atoms with Gasteiger partial charge >= 0.3 is 0 Å². The van der Waals surface area contributed by atoms with Crippen molar-refractivity contribution < 1.29 is 0 Å². The highest BCUT2D eigenvalue weighted by molar-refractivity contribution is 5.09. The third kappa shape index (κ3) is 2.50. The van der Waals surface area contributed by atoms with Crippen molar-refractivity contribution in [3.63, 3.8) is 0 Å². The number of nitrogens with zero attached hydrogens (tertiary/aromatic N) is 1. The van der Waals surface area contributed by atoms with Crippen molar-refractivity contribution in [2.75, 3.05) is 19.6 Å². The normalized spacial score (nSPS) is 25.0. The van der Waals surface area contributed by atoms with E-state index in [4.69, 9.17) is 6.42 Å². The summed E-state index contributed by atoms with van der Waals surface area (Å²) in [5.74, 6) is 3.54. The zero-order chi connectivity index (χ0) is 10.8. The third-order valence-electron chi connectivity index (χ3n) is 3.15. The topological polar surface area (TPSA) is 15.3 Å². The average Bonchev–Trinajstić information content (AvgIpc) is 2.18. The van der Waals surface area contributed by atoms with Crippen molar-refractivity contribution in [2.45, 2.75) is 39.3 Å². The number of terminal acetylenes is 1. The van der Waals surface area contributed by atoms with Gasteiger partial charge in [-0.1, -0.05) is 19.8 Å². The summed E-state index contributed by atoms with van der Waals surface area (Å²) in [4.78, 5) is 2.40. The molecule has 1 unspecified atom stereocenters. The molecular weight excluding hydrogens is 172 g/mol. The molecule has 0 aliphatic carbocycles. The van der Waals surface area contributed by atoms with Crippen molar-refractivity contribution in [2.24, 2.45) is 5.92 Å². The molecule has 2 nitrogen and oxygen atoms in total. The number of hydrogen-bond acceptors (Lipinski definition) is 2. The summed E-state index contributed by atoms with van der Waals surface area (Å²) in [5, 5.41) is 3.53. The van der Waals surface area contributed by atoms with E-state index >= 15 is 0 Å². The molecule has 1 aliphatic heterocycles.